The number of aromatic amines is 1. The number of hydrogen-bond donors (Lipinski definition) is 2. The smallest absolute Gasteiger partial charge is 0.153 e. The molecule has 2 aromatic rings. The highest BCUT2D eigenvalue weighted by Gasteiger charge is 2.24. The lowest BCUT2D eigenvalue weighted by molar-refractivity contribution is 0.437. The normalized spacial score (nSPS) is 16.7. The van der Waals surface area contributed by atoms with Crippen LogP contribution in [0.2, 0.25) is 0 Å². The number of nitrogen functional groups attached to an aromatic ring is 1. The fourth-order valence-electron chi connectivity index (χ4n) is 3.00. The first-order chi connectivity index (χ1) is 9.27. The first-order valence-corrected chi connectivity index (χ1v) is 6.86. The molecule has 100 valence electrons. The number of nitrogens with one attached hydrogen (secondary N) is 1. The van der Waals surface area contributed by atoms with Crippen LogP contribution in [0.3, 0.4) is 0 Å². The highest BCUT2D eigenvalue weighted by atomic mass is 19.1. The van der Waals surface area contributed by atoms with Crippen LogP contribution in [0.25, 0.3) is 11.1 Å². The summed E-state index contributed by atoms with van der Waals surface area (Å²) in [7, 11) is 0. The quantitative estimate of drug-likeness (QED) is 0.860. The predicted molar refractivity (Wildman–Crippen MR) is 74.2 cm³/mol. The van der Waals surface area contributed by atoms with Crippen molar-refractivity contribution < 1.29 is 4.39 Å². The lowest BCUT2D eigenvalue weighted by atomic mass is 9.84. The molecule has 1 aliphatic rings. The van der Waals surface area contributed by atoms with Gasteiger partial charge in [-0.15, -0.1) is 0 Å². The summed E-state index contributed by atoms with van der Waals surface area (Å²) in [5.74, 6) is 0.575. The predicted octanol–water partition coefficient (Wildman–Crippen LogP) is 3.85. The van der Waals surface area contributed by atoms with Crippen LogP contribution >= 0.6 is 0 Å². The molecule has 0 saturated heterocycles. The Labute approximate surface area is 112 Å². The number of H-pyrrole nitrogens is 1. The Balaban J connectivity index is 2.06. The van der Waals surface area contributed by atoms with Gasteiger partial charge in [0.25, 0.3) is 0 Å². The number of nitrogens with two attached hydrogens (primary N) is 1. The fraction of sp³-hybridized carbons (Fsp3) is 0.400. The second-order valence-corrected chi connectivity index (χ2v) is 5.21. The van der Waals surface area contributed by atoms with Crippen LogP contribution in [0.5, 0.6) is 0 Å². The van der Waals surface area contributed by atoms with E-state index in [2.05, 4.69) is 10.2 Å². The molecule has 0 spiro atoms. The maximum atomic E-state index is 14.0. The second kappa shape index (κ2) is 5.03. The third kappa shape index (κ3) is 2.23. The van der Waals surface area contributed by atoms with Gasteiger partial charge in [-0.1, -0.05) is 37.5 Å². The number of hydrogen-bond acceptors (Lipinski definition) is 2. The minimum atomic E-state index is -0.243. The summed E-state index contributed by atoms with van der Waals surface area (Å²) in [5.41, 5.74) is 8.25. The Hall–Kier alpha value is -1.84. The van der Waals surface area contributed by atoms with Crippen molar-refractivity contribution in [3.63, 3.8) is 0 Å². The van der Waals surface area contributed by atoms with Gasteiger partial charge in [0, 0.05) is 22.7 Å². The van der Waals surface area contributed by atoms with Crippen LogP contribution in [0, 0.1) is 5.82 Å². The van der Waals surface area contributed by atoms with E-state index in [9.17, 15) is 4.39 Å². The van der Waals surface area contributed by atoms with Crippen molar-refractivity contribution in [2.24, 2.45) is 0 Å². The van der Waals surface area contributed by atoms with Gasteiger partial charge in [-0.25, -0.2) is 4.39 Å². The molecule has 0 aliphatic heterocycles. The van der Waals surface area contributed by atoms with Crippen molar-refractivity contribution in [2.75, 3.05) is 5.73 Å². The van der Waals surface area contributed by atoms with Crippen LogP contribution in [0.15, 0.2) is 24.3 Å². The van der Waals surface area contributed by atoms with Gasteiger partial charge in [0.15, 0.2) is 5.82 Å². The molecule has 0 bridgehead atoms. The number of nitrogens with zero attached hydrogens (tertiary/aromatic N) is 1. The van der Waals surface area contributed by atoms with E-state index in [0.29, 0.717) is 17.3 Å². The Kier molecular flexibility index (Phi) is 3.23. The first-order valence-electron chi connectivity index (χ1n) is 6.86. The monoisotopic (exact) mass is 259 g/mol. The maximum absolute atomic E-state index is 14.0. The van der Waals surface area contributed by atoms with E-state index in [1.54, 1.807) is 12.1 Å². The van der Waals surface area contributed by atoms with Gasteiger partial charge in [0.1, 0.15) is 5.82 Å². The molecule has 1 saturated carbocycles. The van der Waals surface area contributed by atoms with E-state index in [1.807, 2.05) is 6.07 Å². The molecule has 4 heteroatoms. The fourth-order valence-corrected chi connectivity index (χ4v) is 3.00. The molecule has 1 aromatic heterocycles. The summed E-state index contributed by atoms with van der Waals surface area (Å²) in [6.07, 6.45) is 5.99. The molecular weight excluding hydrogens is 241 g/mol. The van der Waals surface area contributed by atoms with Gasteiger partial charge >= 0.3 is 0 Å². The van der Waals surface area contributed by atoms with Crippen LogP contribution in [0.1, 0.15) is 43.7 Å². The Bertz CT molecular complexity index is 571. The van der Waals surface area contributed by atoms with E-state index in [4.69, 9.17) is 5.73 Å². The van der Waals surface area contributed by atoms with Crippen LogP contribution in [-0.2, 0) is 0 Å². The first kappa shape index (κ1) is 12.2. The van der Waals surface area contributed by atoms with Crippen LogP contribution in [-0.4, -0.2) is 10.2 Å². The van der Waals surface area contributed by atoms with Crippen LogP contribution < -0.4 is 5.73 Å². The third-order valence-electron chi connectivity index (χ3n) is 3.98. The molecule has 3 rings (SSSR count). The molecule has 3 N–H and O–H groups in total. The van der Waals surface area contributed by atoms with Crippen molar-refractivity contribution in [2.45, 2.75) is 38.0 Å². The summed E-state index contributed by atoms with van der Waals surface area (Å²) in [6, 6.07) is 6.75. The van der Waals surface area contributed by atoms with Gasteiger partial charge < -0.3 is 5.73 Å². The molecule has 1 aromatic carbocycles. The lowest BCUT2D eigenvalue weighted by Crippen LogP contribution is -2.06. The minimum absolute atomic E-state index is 0.243. The number of halogens is 1. The van der Waals surface area contributed by atoms with Crippen molar-refractivity contribution in [3.05, 3.63) is 35.8 Å². The third-order valence-corrected chi connectivity index (χ3v) is 3.98. The van der Waals surface area contributed by atoms with E-state index in [0.717, 1.165) is 24.1 Å². The average molecular weight is 259 g/mol. The van der Waals surface area contributed by atoms with E-state index >= 15 is 0 Å². The molecule has 0 amide bonds. The zero-order valence-electron chi connectivity index (χ0n) is 10.8. The molecular formula is C15H18FN3. The van der Waals surface area contributed by atoms with Gasteiger partial charge in [-0.2, -0.15) is 5.10 Å². The molecule has 1 heterocycles. The summed E-state index contributed by atoms with van der Waals surface area (Å²) in [5, 5.41) is 7.12. The summed E-state index contributed by atoms with van der Waals surface area (Å²) in [4.78, 5) is 0. The summed E-state index contributed by atoms with van der Waals surface area (Å²) >= 11 is 0. The second-order valence-electron chi connectivity index (χ2n) is 5.21. The Morgan fingerprint density at radius 3 is 2.63 bits per heavy atom. The largest absolute Gasteiger partial charge is 0.382 e. The van der Waals surface area contributed by atoms with E-state index < -0.39 is 0 Å². The summed E-state index contributed by atoms with van der Waals surface area (Å²) < 4.78 is 14.0. The highest BCUT2D eigenvalue weighted by Crippen LogP contribution is 2.39. The van der Waals surface area contributed by atoms with Crippen molar-refractivity contribution in [1.82, 2.24) is 10.2 Å². The maximum Gasteiger partial charge on any atom is 0.153 e. The molecule has 0 unspecified atom stereocenters. The molecule has 3 nitrogen and oxygen atoms in total. The topological polar surface area (TPSA) is 54.7 Å². The molecule has 19 heavy (non-hydrogen) atoms. The number of benzene rings is 1. The zero-order valence-corrected chi connectivity index (χ0v) is 10.8. The standard InChI is InChI=1S/C15H18FN3/c16-12-9-5-4-8-11(12)13-14(18-19-15(13)17)10-6-2-1-3-7-10/h4-5,8-10H,1-3,6-7H2,(H3,17,18,19). The average Bonchev–Trinajstić information content (AvgIpc) is 2.82. The van der Waals surface area contributed by atoms with E-state index in [1.165, 1.54) is 25.3 Å². The van der Waals surface area contributed by atoms with Gasteiger partial charge in [0.2, 0.25) is 0 Å². The number of anilines is 1. The SMILES string of the molecule is Nc1n[nH]c(C2CCCCC2)c1-c1ccccc1F. The zero-order chi connectivity index (χ0) is 13.2. The summed E-state index contributed by atoms with van der Waals surface area (Å²) in [6.45, 7) is 0. The Morgan fingerprint density at radius 1 is 1.16 bits per heavy atom. The van der Waals surface area contributed by atoms with Crippen molar-refractivity contribution in [1.29, 1.82) is 0 Å². The molecule has 1 aliphatic carbocycles. The lowest BCUT2D eigenvalue weighted by Gasteiger charge is -2.21. The highest BCUT2D eigenvalue weighted by molar-refractivity contribution is 5.77. The van der Waals surface area contributed by atoms with Gasteiger partial charge in [-0.3, -0.25) is 5.10 Å². The van der Waals surface area contributed by atoms with Crippen molar-refractivity contribution in [3.8, 4) is 11.1 Å². The van der Waals surface area contributed by atoms with Gasteiger partial charge in [0.05, 0.1) is 0 Å². The molecule has 0 radical (unpaired) electrons. The number of rotatable bonds is 2. The Morgan fingerprint density at radius 2 is 1.89 bits per heavy atom. The molecule has 0 atom stereocenters. The van der Waals surface area contributed by atoms with Gasteiger partial charge in [-0.05, 0) is 18.9 Å². The van der Waals surface area contributed by atoms with E-state index in [-0.39, 0.29) is 5.82 Å². The van der Waals surface area contributed by atoms with Crippen molar-refractivity contribution >= 4 is 5.82 Å². The number of aromatic nitrogens is 2. The minimum Gasteiger partial charge on any atom is -0.382 e. The molecule has 1 fully saturated rings. The van der Waals surface area contributed by atoms with Crippen LogP contribution in [0.4, 0.5) is 10.2 Å².